The number of nitriles is 1. The van der Waals surface area contributed by atoms with Gasteiger partial charge in [0, 0.05) is 31.5 Å². The first kappa shape index (κ1) is 26.0. The van der Waals surface area contributed by atoms with E-state index in [1.165, 1.54) is 0 Å². The van der Waals surface area contributed by atoms with Crippen LogP contribution in [0.4, 0.5) is 21.9 Å². The Morgan fingerprint density at radius 3 is 2.40 bits per heavy atom. The van der Waals surface area contributed by atoms with Crippen molar-refractivity contribution in [2.45, 2.75) is 52.0 Å². The van der Waals surface area contributed by atoms with Crippen LogP contribution in [-0.4, -0.2) is 42.9 Å². The number of nitrogens with one attached hydrogen (secondary N) is 2. The zero-order chi connectivity index (χ0) is 25.4. The van der Waals surface area contributed by atoms with E-state index in [1.807, 2.05) is 25.1 Å². The summed E-state index contributed by atoms with van der Waals surface area (Å²) in [6, 6.07) is 14.4. The third kappa shape index (κ3) is 7.46. The molecule has 1 aliphatic heterocycles. The van der Waals surface area contributed by atoms with Crippen molar-refractivity contribution in [3.05, 3.63) is 53.6 Å². The highest BCUT2D eigenvalue weighted by atomic mass is 16.5. The van der Waals surface area contributed by atoms with Crippen LogP contribution in [0.25, 0.3) is 0 Å². The van der Waals surface area contributed by atoms with Gasteiger partial charge in [-0.25, -0.2) is 4.79 Å². The molecule has 1 heterocycles. The Labute approximate surface area is 206 Å². The van der Waals surface area contributed by atoms with Crippen molar-refractivity contribution in [1.29, 1.82) is 5.26 Å². The Bertz CT molecular complexity index is 1060. The summed E-state index contributed by atoms with van der Waals surface area (Å²) in [5.74, 6) is -0.660. The van der Waals surface area contributed by atoms with Crippen molar-refractivity contribution in [2.75, 3.05) is 35.3 Å². The first-order valence-corrected chi connectivity index (χ1v) is 12.0. The number of benzene rings is 2. The zero-order valence-corrected chi connectivity index (χ0v) is 20.6. The van der Waals surface area contributed by atoms with Gasteiger partial charge in [0.2, 0.25) is 0 Å². The molecule has 1 unspecified atom stereocenters. The lowest BCUT2D eigenvalue weighted by atomic mass is 9.95. The van der Waals surface area contributed by atoms with Gasteiger partial charge in [-0.15, -0.1) is 0 Å². The Kier molecular flexibility index (Phi) is 9.10. The molecule has 1 atom stereocenters. The van der Waals surface area contributed by atoms with Crippen LogP contribution in [0.3, 0.4) is 0 Å². The molecule has 1 fully saturated rings. The largest absolute Gasteiger partial charge is 0.481 e. The molecule has 1 saturated heterocycles. The molecule has 3 rings (SSSR count). The van der Waals surface area contributed by atoms with E-state index in [9.17, 15) is 14.7 Å². The Morgan fingerprint density at radius 2 is 1.80 bits per heavy atom. The second-order valence-corrected chi connectivity index (χ2v) is 9.43. The number of urea groups is 1. The molecule has 2 amide bonds. The third-order valence-corrected chi connectivity index (χ3v) is 6.09. The molecule has 1 aliphatic rings. The highest BCUT2D eigenvalue weighted by molar-refractivity contribution is 6.02. The van der Waals surface area contributed by atoms with Crippen molar-refractivity contribution < 1.29 is 19.4 Å². The van der Waals surface area contributed by atoms with Crippen LogP contribution in [0.15, 0.2) is 42.5 Å². The van der Waals surface area contributed by atoms with Crippen molar-refractivity contribution in [1.82, 2.24) is 0 Å². The fraction of sp³-hybridized carbons (Fsp3) is 0.444. The number of carbonyl (C=O) groups is 2. The predicted octanol–water partition coefficient (Wildman–Crippen LogP) is 5.42. The molecule has 3 N–H and O–H groups in total. The van der Waals surface area contributed by atoms with E-state index < -0.39 is 12.0 Å². The Hall–Kier alpha value is -3.57. The van der Waals surface area contributed by atoms with E-state index in [0.717, 1.165) is 30.6 Å². The number of carbonyl (C=O) groups excluding carboxylic acids is 1. The number of carboxylic acid groups (broad SMARTS) is 1. The monoisotopic (exact) mass is 478 g/mol. The quantitative estimate of drug-likeness (QED) is 0.443. The van der Waals surface area contributed by atoms with Gasteiger partial charge in [0.25, 0.3) is 0 Å². The van der Waals surface area contributed by atoms with E-state index >= 15 is 0 Å². The van der Waals surface area contributed by atoms with Crippen LogP contribution in [-0.2, 0) is 9.53 Å². The zero-order valence-electron chi connectivity index (χ0n) is 20.6. The van der Waals surface area contributed by atoms with Crippen molar-refractivity contribution in [2.24, 2.45) is 5.92 Å². The van der Waals surface area contributed by atoms with E-state index in [-0.39, 0.29) is 18.4 Å². The minimum absolute atomic E-state index is 0.00585. The maximum absolute atomic E-state index is 12.9. The fourth-order valence-electron chi connectivity index (χ4n) is 4.34. The van der Waals surface area contributed by atoms with Gasteiger partial charge >= 0.3 is 12.0 Å². The molecule has 0 radical (unpaired) electrons. The maximum atomic E-state index is 12.9. The van der Waals surface area contributed by atoms with Gasteiger partial charge in [0.15, 0.2) is 0 Å². The summed E-state index contributed by atoms with van der Waals surface area (Å²) in [6.45, 7) is 8.43. The number of amides is 2. The summed E-state index contributed by atoms with van der Waals surface area (Å²) in [4.78, 5) is 26.6. The topological polar surface area (TPSA) is 115 Å². The average Bonchev–Trinajstić information content (AvgIpc) is 2.83. The van der Waals surface area contributed by atoms with Gasteiger partial charge < -0.3 is 25.4 Å². The van der Waals surface area contributed by atoms with Crippen LogP contribution in [0.2, 0.25) is 0 Å². The average molecular weight is 479 g/mol. The Morgan fingerprint density at radius 1 is 1.11 bits per heavy atom. The number of hydrogen-bond acceptors (Lipinski definition) is 5. The van der Waals surface area contributed by atoms with E-state index in [2.05, 4.69) is 35.5 Å². The first-order chi connectivity index (χ1) is 16.8. The molecule has 0 aliphatic carbocycles. The predicted molar refractivity (Wildman–Crippen MR) is 137 cm³/mol. The van der Waals surface area contributed by atoms with Gasteiger partial charge in [0.05, 0.1) is 29.4 Å². The minimum Gasteiger partial charge on any atom is -0.481 e. The number of carboxylic acids is 1. The molecule has 8 nitrogen and oxygen atoms in total. The van der Waals surface area contributed by atoms with Crippen LogP contribution < -0.4 is 15.5 Å². The lowest BCUT2D eigenvalue weighted by molar-refractivity contribution is -0.137. The highest BCUT2D eigenvalue weighted by Gasteiger charge is 2.26. The number of rotatable bonds is 9. The number of nitrogens with zero attached hydrogens (tertiary/aromatic N) is 2. The van der Waals surface area contributed by atoms with E-state index in [1.54, 1.807) is 24.3 Å². The molecule has 8 heteroatoms. The summed E-state index contributed by atoms with van der Waals surface area (Å²) in [7, 11) is 0. The molecule has 0 spiro atoms. The molecule has 0 bridgehead atoms. The first-order valence-electron chi connectivity index (χ1n) is 12.0. The molecular formula is C27H34N4O4. The lowest BCUT2D eigenvalue weighted by Crippen LogP contribution is -2.42. The molecule has 2 aromatic carbocycles. The Balaban J connectivity index is 1.92. The summed E-state index contributed by atoms with van der Waals surface area (Å²) in [6.07, 6.45) is 1.81. The maximum Gasteiger partial charge on any atom is 0.323 e. The van der Waals surface area contributed by atoms with Crippen LogP contribution in [0, 0.1) is 17.2 Å². The summed E-state index contributed by atoms with van der Waals surface area (Å²) in [5.41, 5.74) is 3.48. The number of hydrogen-bond donors (Lipinski definition) is 3. The van der Waals surface area contributed by atoms with Crippen LogP contribution in [0.1, 0.15) is 57.1 Å². The minimum atomic E-state index is -0.863. The van der Waals surface area contributed by atoms with Crippen molar-refractivity contribution >= 4 is 29.1 Å². The summed E-state index contributed by atoms with van der Waals surface area (Å²) in [5, 5.41) is 24.0. The van der Waals surface area contributed by atoms with Crippen molar-refractivity contribution in [3.63, 3.8) is 0 Å². The van der Waals surface area contributed by atoms with E-state index in [0.29, 0.717) is 36.1 Å². The van der Waals surface area contributed by atoms with E-state index in [4.69, 9.17) is 10.00 Å². The highest BCUT2D eigenvalue weighted by Crippen LogP contribution is 2.34. The lowest BCUT2D eigenvalue weighted by Gasteiger charge is -2.38. The molecule has 186 valence electrons. The number of aliphatic carboxylic acids is 1. The SMILES string of the molecule is CC(C)CN(c1ccc(C(C)CC(=O)O)cc1NC(=O)Nc1ccc(C#N)cc1)C1CCOCC1. The summed E-state index contributed by atoms with van der Waals surface area (Å²) >= 11 is 0. The molecule has 0 saturated carbocycles. The second-order valence-electron chi connectivity index (χ2n) is 9.43. The van der Waals surface area contributed by atoms with Crippen molar-refractivity contribution in [3.8, 4) is 6.07 Å². The molecule has 2 aromatic rings. The van der Waals surface area contributed by atoms with Gasteiger partial charge in [-0.1, -0.05) is 26.8 Å². The molecule has 35 heavy (non-hydrogen) atoms. The van der Waals surface area contributed by atoms with Gasteiger partial charge in [0.1, 0.15) is 0 Å². The number of anilines is 3. The van der Waals surface area contributed by atoms with Gasteiger partial charge in [-0.3, -0.25) is 4.79 Å². The standard InChI is InChI=1S/C27H34N4O4/c1-18(2)17-31(23-10-12-35-13-11-23)25-9-6-21(19(3)14-26(32)33)15-24(25)30-27(34)29-22-7-4-20(16-28)5-8-22/h4-9,15,18-19,23H,10-14,17H2,1-3H3,(H,32,33)(H2,29,30,34). The van der Waals surface area contributed by atoms with Crippen LogP contribution >= 0.6 is 0 Å². The molecule has 0 aromatic heterocycles. The molecular weight excluding hydrogens is 444 g/mol. The normalized spacial score (nSPS) is 14.7. The third-order valence-electron chi connectivity index (χ3n) is 6.09. The summed E-state index contributed by atoms with van der Waals surface area (Å²) < 4.78 is 5.57. The fourth-order valence-corrected chi connectivity index (χ4v) is 4.34. The van der Waals surface area contributed by atoms with Gasteiger partial charge in [-0.2, -0.15) is 5.26 Å². The number of ether oxygens (including phenoxy) is 1. The second kappa shape index (κ2) is 12.2. The van der Waals surface area contributed by atoms with Gasteiger partial charge in [-0.05, 0) is 66.6 Å². The van der Waals surface area contributed by atoms with Crippen LogP contribution in [0.5, 0.6) is 0 Å². The smallest absolute Gasteiger partial charge is 0.323 e.